The van der Waals surface area contributed by atoms with Gasteiger partial charge in [-0.15, -0.1) is 5.10 Å². The van der Waals surface area contributed by atoms with Crippen molar-refractivity contribution in [2.24, 2.45) is 5.41 Å². The number of amides is 1. The first kappa shape index (κ1) is 29.5. The number of aromatic nitrogens is 3. The Hall–Kier alpha value is -4.00. The van der Waals surface area contributed by atoms with Crippen LogP contribution in [-0.4, -0.2) is 45.4 Å². The highest BCUT2D eigenvalue weighted by Gasteiger charge is 2.41. The summed E-state index contributed by atoms with van der Waals surface area (Å²) in [6, 6.07) is 12.8. The molecular formula is C35H42N4O3. The molecule has 1 aromatic heterocycles. The summed E-state index contributed by atoms with van der Waals surface area (Å²) in [6.45, 7) is 18.2. The first-order valence-corrected chi connectivity index (χ1v) is 14.8. The third-order valence-electron chi connectivity index (χ3n) is 9.47. The summed E-state index contributed by atoms with van der Waals surface area (Å²) in [6.07, 6.45) is 0.792. The van der Waals surface area contributed by atoms with Gasteiger partial charge in [-0.05, 0) is 118 Å². The van der Waals surface area contributed by atoms with Gasteiger partial charge in [0.05, 0.1) is 18.0 Å². The van der Waals surface area contributed by atoms with Gasteiger partial charge >= 0.3 is 5.97 Å². The maximum Gasteiger partial charge on any atom is 0.312 e. The Kier molecular flexibility index (Phi) is 7.73. The molecule has 2 heterocycles. The van der Waals surface area contributed by atoms with Crippen LogP contribution in [0, 0.1) is 40.0 Å². The minimum absolute atomic E-state index is 0.0830. The molecule has 220 valence electrons. The summed E-state index contributed by atoms with van der Waals surface area (Å²) in [5.41, 5.74) is 11.6. The van der Waals surface area contributed by atoms with E-state index in [0.29, 0.717) is 13.1 Å². The summed E-state index contributed by atoms with van der Waals surface area (Å²) in [7, 11) is 1.44. The zero-order valence-electron chi connectivity index (χ0n) is 26.4. The first-order chi connectivity index (χ1) is 19.9. The van der Waals surface area contributed by atoms with E-state index in [2.05, 4.69) is 67.5 Å². The zero-order chi connectivity index (χ0) is 30.5. The average molecular weight is 567 g/mol. The highest BCUT2D eigenvalue weighted by molar-refractivity contribution is 5.98. The van der Waals surface area contributed by atoms with Crippen molar-refractivity contribution < 1.29 is 14.3 Å². The van der Waals surface area contributed by atoms with Crippen LogP contribution in [0.15, 0.2) is 36.4 Å². The third kappa shape index (κ3) is 4.79. The molecule has 0 saturated carbocycles. The number of ether oxygens (including phenoxy) is 1. The van der Waals surface area contributed by atoms with E-state index in [1.54, 1.807) is 0 Å². The second-order valence-corrected chi connectivity index (χ2v) is 12.3. The number of esters is 1. The SMILES string of the molecule is CCn1nnc2c(C)c([C@H](c3ccc4c(c3)CN(C(=O)c3c(C)c(C)cc(C)c3C)CC4)C(C)(C)C(=O)OC)ccc21. The van der Waals surface area contributed by atoms with E-state index < -0.39 is 5.41 Å². The lowest BCUT2D eigenvalue weighted by Crippen LogP contribution is -2.37. The molecule has 7 heteroatoms. The summed E-state index contributed by atoms with van der Waals surface area (Å²) in [5.74, 6) is -0.486. The van der Waals surface area contributed by atoms with Crippen LogP contribution in [0.4, 0.5) is 0 Å². The van der Waals surface area contributed by atoms with Crippen LogP contribution in [0.1, 0.15) is 87.1 Å². The molecule has 1 aliphatic heterocycles. The summed E-state index contributed by atoms with van der Waals surface area (Å²) < 4.78 is 7.20. The lowest BCUT2D eigenvalue weighted by atomic mass is 9.69. The topological polar surface area (TPSA) is 77.3 Å². The van der Waals surface area contributed by atoms with E-state index in [1.165, 1.54) is 12.7 Å². The molecule has 3 aromatic carbocycles. The maximum atomic E-state index is 13.9. The van der Waals surface area contributed by atoms with Crippen molar-refractivity contribution in [1.82, 2.24) is 19.9 Å². The Balaban J connectivity index is 1.59. The molecule has 42 heavy (non-hydrogen) atoms. The van der Waals surface area contributed by atoms with Crippen LogP contribution in [-0.2, 0) is 29.0 Å². The Bertz CT molecular complexity index is 1690. The van der Waals surface area contributed by atoms with Gasteiger partial charge in [0.25, 0.3) is 5.91 Å². The van der Waals surface area contributed by atoms with Gasteiger partial charge in [-0.2, -0.15) is 0 Å². The number of fused-ring (bicyclic) bond motifs is 2. The Labute approximate surface area is 248 Å². The summed E-state index contributed by atoms with van der Waals surface area (Å²) >= 11 is 0. The van der Waals surface area contributed by atoms with Gasteiger partial charge in [-0.1, -0.05) is 35.5 Å². The van der Waals surface area contributed by atoms with E-state index in [-0.39, 0.29) is 17.8 Å². The van der Waals surface area contributed by atoms with Crippen molar-refractivity contribution in [3.8, 4) is 0 Å². The molecule has 0 radical (unpaired) electrons. The smallest absolute Gasteiger partial charge is 0.312 e. The number of benzene rings is 3. The molecule has 1 aliphatic rings. The monoisotopic (exact) mass is 566 g/mol. The lowest BCUT2D eigenvalue weighted by Gasteiger charge is -2.35. The molecule has 0 spiro atoms. The molecule has 0 aliphatic carbocycles. The van der Waals surface area contributed by atoms with E-state index in [4.69, 9.17) is 4.74 Å². The van der Waals surface area contributed by atoms with E-state index >= 15 is 0 Å². The maximum absolute atomic E-state index is 13.9. The normalized spacial score (nSPS) is 14.2. The van der Waals surface area contributed by atoms with Crippen molar-refractivity contribution in [2.45, 2.75) is 80.8 Å². The van der Waals surface area contributed by atoms with Crippen LogP contribution in [0.25, 0.3) is 11.0 Å². The fourth-order valence-corrected chi connectivity index (χ4v) is 6.72. The molecule has 4 aromatic rings. The van der Waals surface area contributed by atoms with Gasteiger partial charge < -0.3 is 9.64 Å². The van der Waals surface area contributed by atoms with Gasteiger partial charge in [-0.3, -0.25) is 9.59 Å². The fraction of sp³-hybridized carbons (Fsp3) is 0.429. The van der Waals surface area contributed by atoms with Crippen LogP contribution in [0.3, 0.4) is 0 Å². The number of nitrogens with zero attached hydrogens (tertiary/aromatic N) is 4. The number of methoxy groups -OCH3 is 1. The molecule has 5 rings (SSSR count). The highest BCUT2D eigenvalue weighted by atomic mass is 16.5. The molecular weight excluding hydrogens is 524 g/mol. The molecule has 0 saturated heterocycles. The van der Waals surface area contributed by atoms with Crippen LogP contribution < -0.4 is 0 Å². The number of rotatable bonds is 6. The number of hydrogen-bond donors (Lipinski definition) is 0. The highest BCUT2D eigenvalue weighted by Crippen LogP contribution is 2.45. The summed E-state index contributed by atoms with van der Waals surface area (Å²) in [4.78, 5) is 29.1. The van der Waals surface area contributed by atoms with E-state index in [0.717, 1.165) is 74.1 Å². The zero-order valence-corrected chi connectivity index (χ0v) is 26.4. The van der Waals surface area contributed by atoms with E-state index in [1.807, 2.05) is 44.2 Å². The molecule has 1 amide bonds. The third-order valence-corrected chi connectivity index (χ3v) is 9.47. The van der Waals surface area contributed by atoms with Crippen LogP contribution in [0.5, 0.6) is 0 Å². The van der Waals surface area contributed by atoms with Crippen LogP contribution in [0.2, 0.25) is 0 Å². The average Bonchev–Trinajstić information content (AvgIpc) is 3.40. The number of hydrogen-bond acceptors (Lipinski definition) is 5. The van der Waals surface area contributed by atoms with Crippen molar-refractivity contribution >= 4 is 22.9 Å². The minimum Gasteiger partial charge on any atom is -0.469 e. The quantitative estimate of drug-likeness (QED) is 0.248. The Morgan fingerprint density at radius 2 is 1.64 bits per heavy atom. The predicted molar refractivity (Wildman–Crippen MR) is 166 cm³/mol. The molecule has 1 atom stereocenters. The van der Waals surface area contributed by atoms with Gasteiger partial charge in [0.15, 0.2) is 0 Å². The Morgan fingerprint density at radius 1 is 0.952 bits per heavy atom. The predicted octanol–water partition coefficient (Wildman–Crippen LogP) is 6.52. The largest absolute Gasteiger partial charge is 0.469 e. The summed E-state index contributed by atoms with van der Waals surface area (Å²) in [5, 5.41) is 8.81. The number of aryl methyl sites for hydroxylation is 4. The van der Waals surface area contributed by atoms with Crippen molar-refractivity contribution in [1.29, 1.82) is 0 Å². The van der Waals surface area contributed by atoms with Crippen molar-refractivity contribution in [3.63, 3.8) is 0 Å². The first-order valence-electron chi connectivity index (χ1n) is 14.8. The molecule has 0 fully saturated rings. The number of carbonyl (C=O) groups is 2. The fourth-order valence-electron chi connectivity index (χ4n) is 6.72. The van der Waals surface area contributed by atoms with Gasteiger partial charge in [0, 0.05) is 31.1 Å². The Morgan fingerprint density at radius 3 is 2.29 bits per heavy atom. The van der Waals surface area contributed by atoms with E-state index in [9.17, 15) is 9.59 Å². The molecule has 0 unspecified atom stereocenters. The van der Waals surface area contributed by atoms with Crippen molar-refractivity contribution in [3.05, 3.63) is 92.0 Å². The second-order valence-electron chi connectivity index (χ2n) is 12.3. The molecule has 0 bridgehead atoms. The lowest BCUT2D eigenvalue weighted by molar-refractivity contribution is -0.151. The van der Waals surface area contributed by atoms with Crippen molar-refractivity contribution in [2.75, 3.05) is 13.7 Å². The standard InChI is InChI=1S/C35H42N4O3/c1-10-39-29-14-13-28(24(6)32(29)36-37-39)31(35(7,8)34(41)42-9)26-12-11-25-15-16-38(19-27(25)18-26)33(40)30-22(4)20(2)17-21(3)23(30)5/h11-14,17-18,31H,10,15-16,19H2,1-9H3/t31-/m0/s1. The van der Waals surface area contributed by atoms with Gasteiger partial charge in [0.1, 0.15) is 5.52 Å². The second kappa shape index (κ2) is 11.0. The molecule has 7 nitrogen and oxygen atoms in total. The molecule has 0 N–H and O–H groups in total. The van der Waals surface area contributed by atoms with Gasteiger partial charge in [0.2, 0.25) is 0 Å². The number of carbonyl (C=O) groups excluding carboxylic acids is 2. The van der Waals surface area contributed by atoms with Gasteiger partial charge in [-0.25, -0.2) is 4.68 Å². The van der Waals surface area contributed by atoms with Crippen LogP contribution >= 0.6 is 0 Å². The minimum atomic E-state index is -0.861.